The maximum Gasteiger partial charge on any atom is 0.254 e. The van der Waals surface area contributed by atoms with Crippen molar-refractivity contribution in [1.82, 2.24) is 9.88 Å². The Bertz CT molecular complexity index is 676. The Morgan fingerprint density at radius 3 is 2.83 bits per heavy atom. The molecular formula is C16H18FN3O2S. The highest BCUT2D eigenvalue weighted by Crippen LogP contribution is 2.14. The van der Waals surface area contributed by atoms with E-state index in [1.165, 1.54) is 34.4 Å². The lowest BCUT2D eigenvalue weighted by molar-refractivity contribution is -0.117. The fourth-order valence-electron chi connectivity index (χ4n) is 2.03. The van der Waals surface area contributed by atoms with E-state index in [4.69, 9.17) is 0 Å². The van der Waals surface area contributed by atoms with E-state index in [9.17, 15) is 14.0 Å². The summed E-state index contributed by atoms with van der Waals surface area (Å²) < 4.78 is 13.3. The van der Waals surface area contributed by atoms with E-state index in [-0.39, 0.29) is 30.0 Å². The zero-order valence-corrected chi connectivity index (χ0v) is 13.8. The minimum atomic E-state index is -0.479. The summed E-state index contributed by atoms with van der Waals surface area (Å²) in [6.07, 6.45) is 2.27. The summed E-state index contributed by atoms with van der Waals surface area (Å²) in [6, 6.07) is 5.33. The Morgan fingerprint density at radius 1 is 1.43 bits per heavy atom. The van der Waals surface area contributed by atoms with Gasteiger partial charge >= 0.3 is 0 Å². The van der Waals surface area contributed by atoms with Crippen molar-refractivity contribution in [2.75, 3.05) is 11.9 Å². The number of carbonyl (C=O) groups excluding carboxylic acids is 2. The highest BCUT2D eigenvalue weighted by Gasteiger charge is 2.23. The molecule has 7 heteroatoms. The first-order valence-corrected chi connectivity index (χ1v) is 8.15. The van der Waals surface area contributed by atoms with Gasteiger partial charge in [0.15, 0.2) is 5.13 Å². The van der Waals surface area contributed by atoms with E-state index >= 15 is 0 Å². The highest BCUT2D eigenvalue weighted by atomic mass is 32.1. The van der Waals surface area contributed by atoms with E-state index in [0.29, 0.717) is 11.6 Å². The van der Waals surface area contributed by atoms with Gasteiger partial charge < -0.3 is 10.2 Å². The van der Waals surface area contributed by atoms with Gasteiger partial charge in [-0.05, 0) is 31.5 Å². The molecule has 23 heavy (non-hydrogen) atoms. The first-order valence-electron chi connectivity index (χ1n) is 7.27. The van der Waals surface area contributed by atoms with Crippen molar-refractivity contribution in [1.29, 1.82) is 0 Å². The Hall–Kier alpha value is -2.28. The number of carbonyl (C=O) groups is 2. The molecule has 0 fully saturated rings. The van der Waals surface area contributed by atoms with E-state index in [1.54, 1.807) is 17.6 Å². The van der Waals surface area contributed by atoms with Crippen molar-refractivity contribution in [3.8, 4) is 0 Å². The Morgan fingerprint density at radius 2 is 2.22 bits per heavy atom. The van der Waals surface area contributed by atoms with Crippen LogP contribution in [0.15, 0.2) is 35.8 Å². The molecule has 1 aromatic carbocycles. The van der Waals surface area contributed by atoms with Crippen LogP contribution in [0.25, 0.3) is 0 Å². The third-order valence-electron chi connectivity index (χ3n) is 3.45. The summed E-state index contributed by atoms with van der Waals surface area (Å²) >= 11 is 1.30. The lowest BCUT2D eigenvalue weighted by Crippen LogP contribution is -2.43. The summed E-state index contributed by atoms with van der Waals surface area (Å²) in [5, 5.41) is 4.88. The summed E-state index contributed by atoms with van der Waals surface area (Å²) in [5.41, 5.74) is 0.229. The van der Waals surface area contributed by atoms with Crippen molar-refractivity contribution in [2.45, 2.75) is 26.3 Å². The second-order valence-electron chi connectivity index (χ2n) is 5.09. The van der Waals surface area contributed by atoms with Gasteiger partial charge in [-0.15, -0.1) is 11.3 Å². The molecule has 1 N–H and O–H groups in total. The fraction of sp³-hybridized carbons (Fsp3) is 0.312. The quantitative estimate of drug-likeness (QED) is 0.882. The Balaban J connectivity index is 2.13. The topological polar surface area (TPSA) is 62.3 Å². The van der Waals surface area contributed by atoms with E-state index < -0.39 is 5.82 Å². The number of nitrogens with one attached hydrogen (secondary N) is 1. The Kier molecular flexibility index (Phi) is 5.81. The summed E-state index contributed by atoms with van der Waals surface area (Å²) in [7, 11) is 0. The number of halogens is 1. The first-order chi connectivity index (χ1) is 11.0. The number of benzene rings is 1. The van der Waals surface area contributed by atoms with Crippen molar-refractivity contribution >= 4 is 28.3 Å². The summed E-state index contributed by atoms with van der Waals surface area (Å²) in [6.45, 7) is 3.67. The van der Waals surface area contributed by atoms with Crippen LogP contribution >= 0.6 is 11.3 Å². The van der Waals surface area contributed by atoms with Gasteiger partial charge in [-0.3, -0.25) is 9.59 Å². The van der Waals surface area contributed by atoms with Gasteiger partial charge in [0.2, 0.25) is 5.91 Å². The lowest BCUT2D eigenvalue weighted by atomic mass is 10.1. The van der Waals surface area contributed by atoms with Gasteiger partial charge in [0.05, 0.1) is 0 Å². The third kappa shape index (κ3) is 4.59. The third-order valence-corrected chi connectivity index (χ3v) is 4.14. The number of hydrogen-bond donors (Lipinski definition) is 1. The van der Waals surface area contributed by atoms with Crippen LogP contribution in [0, 0.1) is 5.82 Å². The molecule has 2 rings (SSSR count). The minimum Gasteiger partial charge on any atom is -0.327 e. The van der Waals surface area contributed by atoms with E-state index in [1.807, 2.05) is 13.8 Å². The predicted octanol–water partition coefficient (Wildman–Crippen LogP) is 3.16. The number of hydrogen-bond acceptors (Lipinski definition) is 4. The molecule has 0 bridgehead atoms. The molecule has 0 saturated carbocycles. The molecule has 1 aromatic heterocycles. The maximum atomic E-state index is 13.3. The van der Waals surface area contributed by atoms with Crippen molar-refractivity contribution in [2.24, 2.45) is 0 Å². The van der Waals surface area contributed by atoms with Crippen LogP contribution in [0.2, 0.25) is 0 Å². The van der Waals surface area contributed by atoms with Gasteiger partial charge in [-0.25, -0.2) is 9.37 Å². The number of thiazole rings is 1. The molecule has 0 radical (unpaired) electrons. The maximum absolute atomic E-state index is 13.3. The zero-order valence-electron chi connectivity index (χ0n) is 13.0. The summed E-state index contributed by atoms with van der Waals surface area (Å²) in [4.78, 5) is 30.2. The lowest BCUT2D eigenvalue weighted by Gasteiger charge is -2.28. The van der Waals surface area contributed by atoms with Crippen LogP contribution < -0.4 is 5.32 Å². The SMILES string of the molecule is CCC(C)N(CC(=O)Nc1nccs1)C(=O)c1cccc(F)c1. The summed E-state index contributed by atoms with van der Waals surface area (Å²) in [5.74, 6) is -1.18. The minimum absolute atomic E-state index is 0.107. The van der Waals surface area contributed by atoms with Gasteiger partial charge in [0, 0.05) is 23.2 Å². The van der Waals surface area contributed by atoms with Crippen molar-refractivity contribution < 1.29 is 14.0 Å². The molecule has 0 saturated heterocycles. The highest BCUT2D eigenvalue weighted by molar-refractivity contribution is 7.13. The Labute approximate surface area is 138 Å². The standard InChI is InChI=1S/C16H18FN3O2S/c1-3-11(2)20(10-14(21)19-16-18-7-8-23-16)15(22)12-5-4-6-13(17)9-12/h4-9,11H,3,10H2,1-2H3,(H,18,19,21). The average Bonchev–Trinajstić information content (AvgIpc) is 3.04. The smallest absolute Gasteiger partial charge is 0.254 e. The van der Waals surface area contributed by atoms with Crippen LogP contribution in [0.3, 0.4) is 0 Å². The molecular weight excluding hydrogens is 317 g/mol. The van der Waals surface area contributed by atoms with Crippen LogP contribution in [0.5, 0.6) is 0 Å². The van der Waals surface area contributed by atoms with Crippen LogP contribution in [-0.2, 0) is 4.79 Å². The van der Waals surface area contributed by atoms with Crippen LogP contribution in [-0.4, -0.2) is 34.3 Å². The molecule has 2 aromatic rings. The van der Waals surface area contributed by atoms with E-state index in [2.05, 4.69) is 10.3 Å². The average molecular weight is 335 g/mol. The number of rotatable bonds is 6. The number of aromatic nitrogens is 1. The molecule has 0 aliphatic rings. The van der Waals surface area contributed by atoms with Gasteiger partial charge in [-0.2, -0.15) is 0 Å². The molecule has 0 spiro atoms. The molecule has 1 atom stereocenters. The molecule has 122 valence electrons. The van der Waals surface area contributed by atoms with Crippen LogP contribution in [0.4, 0.5) is 9.52 Å². The molecule has 1 unspecified atom stereocenters. The molecule has 0 aliphatic carbocycles. The normalized spacial score (nSPS) is 11.8. The van der Waals surface area contributed by atoms with Crippen molar-refractivity contribution in [3.63, 3.8) is 0 Å². The van der Waals surface area contributed by atoms with Gasteiger partial charge in [0.25, 0.3) is 5.91 Å². The first kappa shape index (κ1) is 17.1. The zero-order chi connectivity index (χ0) is 16.8. The molecule has 5 nitrogen and oxygen atoms in total. The van der Waals surface area contributed by atoms with Gasteiger partial charge in [0.1, 0.15) is 12.4 Å². The molecule has 1 heterocycles. The number of amides is 2. The molecule has 2 amide bonds. The van der Waals surface area contributed by atoms with Gasteiger partial charge in [-0.1, -0.05) is 13.0 Å². The van der Waals surface area contributed by atoms with E-state index in [0.717, 1.165) is 0 Å². The number of anilines is 1. The predicted molar refractivity (Wildman–Crippen MR) is 87.9 cm³/mol. The van der Waals surface area contributed by atoms with Crippen molar-refractivity contribution in [3.05, 3.63) is 47.2 Å². The second-order valence-corrected chi connectivity index (χ2v) is 5.98. The fourth-order valence-corrected chi connectivity index (χ4v) is 2.58. The monoisotopic (exact) mass is 335 g/mol. The number of nitrogens with zero attached hydrogens (tertiary/aromatic N) is 2. The molecule has 0 aliphatic heterocycles. The second kappa shape index (κ2) is 7.82. The largest absolute Gasteiger partial charge is 0.327 e. The van der Waals surface area contributed by atoms with Crippen LogP contribution in [0.1, 0.15) is 30.6 Å².